The molecule has 0 unspecified atom stereocenters. The molecule has 2 rings (SSSR count). The van der Waals surface area contributed by atoms with E-state index in [1.54, 1.807) is 23.9 Å². The van der Waals surface area contributed by atoms with E-state index in [1.165, 1.54) is 0 Å². The Morgan fingerprint density at radius 2 is 2.40 bits per heavy atom. The van der Waals surface area contributed by atoms with Crippen LogP contribution in [-0.4, -0.2) is 24.4 Å². The van der Waals surface area contributed by atoms with E-state index >= 15 is 0 Å². The van der Waals surface area contributed by atoms with E-state index in [-0.39, 0.29) is 5.76 Å². The van der Waals surface area contributed by atoms with Crippen molar-refractivity contribution in [1.82, 2.24) is 5.43 Å². The van der Waals surface area contributed by atoms with Gasteiger partial charge in [-0.2, -0.15) is 0 Å². The van der Waals surface area contributed by atoms with Crippen LogP contribution >= 0.6 is 11.8 Å². The first-order chi connectivity index (χ1) is 7.29. The minimum Gasteiger partial charge on any atom is -0.455 e. The van der Waals surface area contributed by atoms with E-state index in [0.29, 0.717) is 5.25 Å². The van der Waals surface area contributed by atoms with E-state index in [1.807, 2.05) is 5.43 Å². The van der Waals surface area contributed by atoms with Crippen molar-refractivity contribution in [2.24, 2.45) is 5.84 Å². The van der Waals surface area contributed by atoms with Crippen molar-refractivity contribution in [1.29, 1.82) is 0 Å². The number of thioether (sulfide) groups is 1. The van der Waals surface area contributed by atoms with Gasteiger partial charge in [0.25, 0.3) is 0 Å². The van der Waals surface area contributed by atoms with Crippen LogP contribution in [0.25, 0.3) is 0 Å². The Labute approximate surface area is 91.3 Å². The Morgan fingerprint density at radius 3 is 3.00 bits per heavy atom. The lowest BCUT2D eigenvalue weighted by molar-refractivity contribution is 0.0454. The molecule has 0 atom stereocenters. The van der Waals surface area contributed by atoms with Crippen molar-refractivity contribution in [3.63, 3.8) is 0 Å². The predicted molar refractivity (Wildman–Crippen MR) is 56.3 cm³/mol. The first-order valence-electron chi connectivity index (χ1n) is 4.58. The van der Waals surface area contributed by atoms with Crippen LogP contribution in [0.4, 0.5) is 0 Å². The van der Waals surface area contributed by atoms with Gasteiger partial charge < -0.3 is 9.15 Å². The molecular formula is C9H12N2O3S. The minimum absolute atomic E-state index is 0.248. The van der Waals surface area contributed by atoms with Crippen LogP contribution in [0.3, 0.4) is 0 Å². The molecule has 0 aliphatic carbocycles. The number of nitrogens with two attached hydrogens (primary N) is 1. The number of hydrogen-bond donors (Lipinski definition) is 2. The number of nitrogens with one attached hydrogen (secondary N) is 1. The fourth-order valence-electron chi connectivity index (χ4n) is 1.16. The number of rotatable bonds is 4. The molecule has 0 saturated carbocycles. The van der Waals surface area contributed by atoms with Crippen LogP contribution < -0.4 is 11.3 Å². The number of hydrogen-bond acceptors (Lipinski definition) is 5. The maximum atomic E-state index is 11.1. The highest BCUT2D eigenvalue weighted by molar-refractivity contribution is 7.99. The first kappa shape index (κ1) is 10.5. The van der Waals surface area contributed by atoms with E-state index in [0.717, 1.165) is 24.7 Å². The molecule has 1 amide bonds. The van der Waals surface area contributed by atoms with Gasteiger partial charge in [-0.15, -0.1) is 11.8 Å². The number of carbonyl (C=O) groups excluding carboxylic acids is 1. The summed E-state index contributed by atoms with van der Waals surface area (Å²) in [5.41, 5.74) is 2.02. The summed E-state index contributed by atoms with van der Waals surface area (Å²) in [4.78, 5) is 11.1. The highest BCUT2D eigenvalue weighted by Gasteiger charge is 2.19. The standard InChI is InChI=1S/C9H12N2O3S/c10-11-9(12)8-2-1-6(14-8)5-15-7-3-13-4-7/h1-2,7H,3-5,10H2,(H,11,12). The van der Waals surface area contributed by atoms with Gasteiger partial charge in [0.1, 0.15) is 5.76 Å². The quantitative estimate of drug-likeness (QED) is 0.446. The molecule has 6 heteroatoms. The summed E-state index contributed by atoms with van der Waals surface area (Å²) in [6.45, 7) is 1.61. The minimum atomic E-state index is -0.404. The topological polar surface area (TPSA) is 77.5 Å². The van der Waals surface area contributed by atoms with Gasteiger partial charge in [-0.25, -0.2) is 5.84 Å². The monoisotopic (exact) mass is 228 g/mol. The fourth-order valence-corrected chi connectivity index (χ4v) is 2.10. The third-order valence-corrected chi connectivity index (χ3v) is 3.28. The van der Waals surface area contributed by atoms with Crippen molar-refractivity contribution >= 4 is 17.7 Å². The van der Waals surface area contributed by atoms with Gasteiger partial charge in [0, 0.05) is 0 Å². The number of ether oxygens (including phenoxy) is 1. The van der Waals surface area contributed by atoms with E-state index in [4.69, 9.17) is 15.0 Å². The lowest BCUT2D eigenvalue weighted by Crippen LogP contribution is -2.30. The Bertz CT molecular complexity index is 349. The maximum Gasteiger partial charge on any atom is 0.300 e. The second kappa shape index (κ2) is 4.69. The normalized spacial score (nSPS) is 16.1. The Kier molecular flexibility index (Phi) is 3.30. The van der Waals surface area contributed by atoms with E-state index in [9.17, 15) is 4.79 Å². The van der Waals surface area contributed by atoms with Gasteiger partial charge in [-0.3, -0.25) is 10.2 Å². The molecule has 1 saturated heterocycles. The third-order valence-electron chi connectivity index (χ3n) is 2.09. The van der Waals surface area contributed by atoms with Crippen molar-refractivity contribution in [3.05, 3.63) is 23.7 Å². The van der Waals surface area contributed by atoms with Crippen LogP contribution in [0.2, 0.25) is 0 Å². The highest BCUT2D eigenvalue weighted by Crippen LogP contribution is 2.24. The summed E-state index contributed by atoms with van der Waals surface area (Å²) < 4.78 is 10.4. The van der Waals surface area contributed by atoms with Gasteiger partial charge in [0.15, 0.2) is 5.76 Å². The van der Waals surface area contributed by atoms with Crippen LogP contribution in [0, 0.1) is 0 Å². The molecule has 2 heterocycles. The molecule has 1 aliphatic rings. The molecule has 0 spiro atoms. The van der Waals surface area contributed by atoms with E-state index < -0.39 is 5.91 Å². The molecule has 3 N–H and O–H groups in total. The molecule has 0 aromatic carbocycles. The molecule has 0 bridgehead atoms. The SMILES string of the molecule is NNC(=O)c1ccc(CSC2COC2)o1. The average molecular weight is 228 g/mol. The number of carbonyl (C=O) groups is 1. The molecule has 82 valence electrons. The number of amides is 1. The molecule has 1 aromatic rings. The summed E-state index contributed by atoms with van der Waals surface area (Å²) in [5.74, 6) is 6.37. The summed E-state index contributed by atoms with van der Waals surface area (Å²) in [5, 5.41) is 0.557. The fraction of sp³-hybridized carbons (Fsp3) is 0.444. The first-order valence-corrected chi connectivity index (χ1v) is 5.63. The number of nitrogen functional groups attached to an aromatic ring is 1. The molecule has 1 aliphatic heterocycles. The zero-order valence-corrected chi connectivity index (χ0v) is 8.88. The Balaban J connectivity index is 1.86. The van der Waals surface area contributed by atoms with Crippen LogP contribution in [0.15, 0.2) is 16.5 Å². The van der Waals surface area contributed by atoms with Crippen molar-refractivity contribution in [2.75, 3.05) is 13.2 Å². The molecule has 0 radical (unpaired) electrons. The van der Waals surface area contributed by atoms with Crippen LogP contribution in [0.5, 0.6) is 0 Å². The summed E-state index contributed by atoms with van der Waals surface area (Å²) in [6.07, 6.45) is 0. The lowest BCUT2D eigenvalue weighted by atomic mass is 10.4. The second-order valence-corrected chi connectivity index (χ2v) is 4.50. The summed E-state index contributed by atoms with van der Waals surface area (Å²) >= 11 is 1.77. The summed E-state index contributed by atoms with van der Waals surface area (Å²) in [7, 11) is 0. The van der Waals surface area contributed by atoms with Crippen LogP contribution in [-0.2, 0) is 10.5 Å². The molecule has 1 aromatic heterocycles. The van der Waals surface area contributed by atoms with Crippen molar-refractivity contribution in [2.45, 2.75) is 11.0 Å². The van der Waals surface area contributed by atoms with Gasteiger partial charge in [-0.1, -0.05) is 0 Å². The molecule has 15 heavy (non-hydrogen) atoms. The number of furan rings is 1. The van der Waals surface area contributed by atoms with Crippen molar-refractivity contribution < 1.29 is 13.9 Å². The Morgan fingerprint density at radius 1 is 1.60 bits per heavy atom. The predicted octanol–water partition coefficient (Wildman–Crippen LogP) is 0.515. The Hall–Kier alpha value is -0.980. The third kappa shape index (κ3) is 2.53. The van der Waals surface area contributed by atoms with Gasteiger partial charge in [-0.05, 0) is 12.1 Å². The maximum absolute atomic E-state index is 11.1. The largest absolute Gasteiger partial charge is 0.455 e. The second-order valence-electron chi connectivity index (χ2n) is 3.21. The van der Waals surface area contributed by atoms with Crippen LogP contribution in [0.1, 0.15) is 16.3 Å². The smallest absolute Gasteiger partial charge is 0.300 e. The number of hydrazine groups is 1. The van der Waals surface area contributed by atoms with Crippen molar-refractivity contribution in [3.8, 4) is 0 Å². The zero-order chi connectivity index (χ0) is 10.7. The van der Waals surface area contributed by atoms with Gasteiger partial charge >= 0.3 is 5.91 Å². The molecular weight excluding hydrogens is 216 g/mol. The molecule has 1 fully saturated rings. The molecule has 5 nitrogen and oxygen atoms in total. The highest BCUT2D eigenvalue weighted by atomic mass is 32.2. The van der Waals surface area contributed by atoms with E-state index in [2.05, 4.69) is 0 Å². The average Bonchev–Trinajstić information content (AvgIpc) is 2.63. The lowest BCUT2D eigenvalue weighted by Gasteiger charge is -2.24. The van der Waals surface area contributed by atoms with Gasteiger partial charge in [0.2, 0.25) is 0 Å². The summed E-state index contributed by atoms with van der Waals surface area (Å²) in [6, 6.07) is 3.41. The van der Waals surface area contributed by atoms with Gasteiger partial charge in [0.05, 0.1) is 24.2 Å². The zero-order valence-electron chi connectivity index (χ0n) is 8.06.